The molecule has 0 saturated heterocycles. The molecule has 0 spiro atoms. The molecule has 0 bridgehead atoms. The molecule has 0 aliphatic heterocycles. The van der Waals surface area contributed by atoms with Crippen LogP contribution in [-0.4, -0.2) is 38.1 Å². The van der Waals surface area contributed by atoms with Crippen LogP contribution in [0, 0.1) is 0 Å². The summed E-state index contributed by atoms with van der Waals surface area (Å²) in [5, 5.41) is 17.6. The third-order valence-corrected chi connectivity index (χ3v) is 6.95. The number of nitrogens with zero attached hydrogens (tertiary/aromatic N) is 4. The van der Waals surface area contributed by atoms with Crippen LogP contribution in [-0.2, 0) is 17.4 Å². The normalized spacial score (nSPS) is 22.4. The lowest BCUT2D eigenvalue weighted by Crippen LogP contribution is -2.45. The number of pyridine rings is 2. The molecule has 6 nitrogen and oxygen atoms in total. The van der Waals surface area contributed by atoms with Gasteiger partial charge < -0.3 is 9.84 Å². The van der Waals surface area contributed by atoms with Crippen LogP contribution >= 0.6 is 22.9 Å². The van der Waals surface area contributed by atoms with Crippen molar-refractivity contribution in [3.8, 4) is 11.3 Å². The lowest BCUT2D eigenvalue weighted by atomic mass is 9.76. The predicted octanol–water partition coefficient (Wildman–Crippen LogP) is 3.89. The Kier molecular flexibility index (Phi) is 3.77. The molecule has 0 amide bonds. The van der Waals surface area contributed by atoms with Gasteiger partial charge in [0.2, 0.25) is 0 Å². The minimum atomic E-state index is -0.917. The predicted molar refractivity (Wildman–Crippen MR) is 106 cm³/mol. The standard InChI is InChI=1S/C19H17ClN4O2S/c1-24-9-11-5-10(8-21-17(11)23-24)14-4-3-13-15(20)16(27-18(13)22-14)19(25)6-12(7-19)26-2/h3-5,8-9,12,25H,6-7H2,1-2H3. The van der Waals surface area contributed by atoms with Crippen molar-refractivity contribution in [3.05, 3.63) is 40.5 Å². The zero-order valence-electron chi connectivity index (χ0n) is 14.8. The number of aromatic nitrogens is 4. The maximum Gasteiger partial charge on any atom is 0.181 e. The molecule has 0 unspecified atom stereocenters. The monoisotopic (exact) mass is 400 g/mol. The second-order valence-corrected chi connectivity index (χ2v) is 8.41. The number of hydrogen-bond donors (Lipinski definition) is 1. The molecule has 27 heavy (non-hydrogen) atoms. The SMILES string of the molecule is COC1CC(O)(c2sc3nc(-c4cnc5nn(C)cc5c4)ccc3c2Cl)C1. The van der Waals surface area contributed by atoms with Gasteiger partial charge >= 0.3 is 0 Å². The summed E-state index contributed by atoms with van der Waals surface area (Å²) in [6, 6.07) is 5.93. The number of ether oxygens (including phenoxy) is 1. The molecule has 8 heteroatoms. The zero-order valence-corrected chi connectivity index (χ0v) is 16.4. The topological polar surface area (TPSA) is 73.1 Å². The van der Waals surface area contributed by atoms with Gasteiger partial charge in [-0.05, 0) is 18.2 Å². The van der Waals surface area contributed by atoms with E-state index in [1.807, 2.05) is 31.4 Å². The Morgan fingerprint density at radius 3 is 2.96 bits per heavy atom. The van der Waals surface area contributed by atoms with E-state index in [1.165, 1.54) is 11.3 Å². The van der Waals surface area contributed by atoms with Crippen LogP contribution in [0.25, 0.3) is 32.5 Å². The molecule has 0 aromatic carbocycles. The van der Waals surface area contributed by atoms with Crippen LogP contribution in [0.4, 0.5) is 0 Å². The molecule has 1 fully saturated rings. The second kappa shape index (κ2) is 5.97. The van der Waals surface area contributed by atoms with Crippen molar-refractivity contribution in [2.24, 2.45) is 7.05 Å². The third-order valence-electron chi connectivity index (χ3n) is 5.15. The molecule has 5 rings (SSSR count). The van der Waals surface area contributed by atoms with Gasteiger partial charge in [0.25, 0.3) is 0 Å². The summed E-state index contributed by atoms with van der Waals surface area (Å²) in [4.78, 5) is 10.8. The molecule has 4 aromatic rings. The second-order valence-electron chi connectivity index (χ2n) is 7.03. The summed E-state index contributed by atoms with van der Waals surface area (Å²) in [6.07, 6.45) is 4.91. The summed E-state index contributed by atoms with van der Waals surface area (Å²) in [6.45, 7) is 0. The maximum absolute atomic E-state index is 10.9. The molecule has 138 valence electrons. The lowest BCUT2D eigenvalue weighted by molar-refractivity contribution is -0.130. The van der Waals surface area contributed by atoms with E-state index in [-0.39, 0.29) is 6.10 Å². The van der Waals surface area contributed by atoms with Gasteiger partial charge in [0, 0.05) is 55.7 Å². The van der Waals surface area contributed by atoms with Gasteiger partial charge in [-0.2, -0.15) is 5.10 Å². The fourth-order valence-corrected chi connectivity index (χ4v) is 5.30. The van der Waals surface area contributed by atoms with E-state index in [0.29, 0.717) is 23.5 Å². The van der Waals surface area contributed by atoms with E-state index in [0.717, 1.165) is 31.7 Å². The van der Waals surface area contributed by atoms with Gasteiger partial charge in [0.05, 0.1) is 21.7 Å². The first-order valence-electron chi connectivity index (χ1n) is 8.61. The molecule has 0 radical (unpaired) electrons. The smallest absolute Gasteiger partial charge is 0.181 e. The van der Waals surface area contributed by atoms with Crippen molar-refractivity contribution >= 4 is 44.2 Å². The van der Waals surface area contributed by atoms with E-state index in [9.17, 15) is 5.11 Å². The first kappa shape index (κ1) is 17.1. The Bertz CT molecular complexity index is 1180. The van der Waals surface area contributed by atoms with Gasteiger partial charge in [-0.15, -0.1) is 11.3 Å². The summed E-state index contributed by atoms with van der Waals surface area (Å²) in [5.41, 5.74) is 1.54. The number of hydrogen-bond acceptors (Lipinski definition) is 6. The number of fused-ring (bicyclic) bond motifs is 2. The van der Waals surface area contributed by atoms with Crippen molar-refractivity contribution in [2.75, 3.05) is 7.11 Å². The highest BCUT2D eigenvalue weighted by Crippen LogP contribution is 2.50. The quantitative estimate of drug-likeness (QED) is 0.564. The molecule has 4 aromatic heterocycles. The Hall–Kier alpha value is -2.06. The minimum absolute atomic E-state index is 0.0806. The Morgan fingerprint density at radius 1 is 1.37 bits per heavy atom. The summed E-state index contributed by atoms with van der Waals surface area (Å²) in [5.74, 6) is 0. The van der Waals surface area contributed by atoms with E-state index in [4.69, 9.17) is 21.3 Å². The Balaban J connectivity index is 1.57. The van der Waals surface area contributed by atoms with E-state index < -0.39 is 5.60 Å². The molecule has 0 atom stereocenters. The molecular formula is C19H17ClN4O2S. The number of halogens is 1. The minimum Gasteiger partial charge on any atom is -0.384 e. The van der Waals surface area contributed by atoms with Gasteiger partial charge in [0.1, 0.15) is 10.4 Å². The van der Waals surface area contributed by atoms with Crippen LogP contribution in [0.2, 0.25) is 5.02 Å². The Labute approximate surface area is 164 Å². The van der Waals surface area contributed by atoms with Crippen LogP contribution in [0.3, 0.4) is 0 Å². The molecule has 1 aliphatic rings. The average Bonchev–Trinajstić information content (AvgIpc) is 3.17. The summed E-state index contributed by atoms with van der Waals surface area (Å²) in [7, 11) is 3.54. The maximum atomic E-state index is 10.9. The fraction of sp³-hybridized carbons (Fsp3) is 0.316. The first-order chi connectivity index (χ1) is 13.0. The number of rotatable bonds is 3. The van der Waals surface area contributed by atoms with E-state index >= 15 is 0 Å². The molecule has 1 aliphatic carbocycles. The van der Waals surface area contributed by atoms with Crippen LogP contribution in [0.15, 0.2) is 30.6 Å². The van der Waals surface area contributed by atoms with Crippen molar-refractivity contribution in [1.82, 2.24) is 19.7 Å². The highest BCUT2D eigenvalue weighted by Gasteiger charge is 2.47. The number of aryl methyl sites for hydroxylation is 1. The van der Waals surface area contributed by atoms with Gasteiger partial charge in [0.15, 0.2) is 5.65 Å². The van der Waals surface area contributed by atoms with Crippen molar-refractivity contribution in [2.45, 2.75) is 24.5 Å². The van der Waals surface area contributed by atoms with Crippen LogP contribution in [0.1, 0.15) is 17.7 Å². The Morgan fingerprint density at radius 2 is 2.19 bits per heavy atom. The van der Waals surface area contributed by atoms with Crippen LogP contribution in [0.5, 0.6) is 0 Å². The van der Waals surface area contributed by atoms with E-state index in [1.54, 1.807) is 18.0 Å². The fourth-order valence-electron chi connectivity index (χ4n) is 3.63. The van der Waals surface area contributed by atoms with Crippen molar-refractivity contribution < 1.29 is 9.84 Å². The van der Waals surface area contributed by atoms with Crippen molar-refractivity contribution in [3.63, 3.8) is 0 Å². The number of aliphatic hydroxyl groups is 1. The zero-order chi connectivity index (χ0) is 18.8. The van der Waals surface area contributed by atoms with Crippen LogP contribution < -0.4 is 0 Å². The molecular weight excluding hydrogens is 384 g/mol. The first-order valence-corrected chi connectivity index (χ1v) is 9.81. The summed E-state index contributed by atoms with van der Waals surface area (Å²) >= 11 is 8.02. The van der Waals surface area contributed by atoms with E-state index in [2.05, 4.69) is 10.1 Å². The largest absolute Gasteiger partial charge is 0.384 e. The van der Waals surface area contributed by atoms with Gasteiger partial charge in [-0.3, -0.25) is 4.68 Å². The van der Waals surface area contributed by atoms with Crippen molar-refractivity contribution in [1.29, 1.82) is 0 Å². The third kappa shape index (κ3) is 2.65. The highest BCUT2D eigenvalue weighted by atomic mass is 35.5. The molecule has 1 N–H and O–H groups in total. The molecule has 1 saturated carbocycles. The van der Waals surface area contributed by atoms with Gasteiger partial charge in [-0.1, -0.05) is 11.6 Å². The number of thiophene rings is 1. The van der Waals surface area contributed by atoms with Gasteiger partial charge in [-0.25, -0.2) is 9.97 Å². The average molecular weight is 401 g/mol. The molecule has 4 heterocycles. The summed E-state index contributed by atoms with van der Waals surface area (Å²) < 4.78 is 7.05. The number of methoxy groups -OCH3 is 1. The lowest BCUT2D eigenvalue weighted by Gasteiger charge is -2.42. The highest BCUT2D eigenvalue weighted by molar-refractivity contribution is 7.19.